The Morgan fingerprint density at radius 1 is 0.804 bits per heavy atom. The van der Waals surface area contributed by atoms with E-state index < -0.39 is 30.7 Å². The highest BCUT2D eigenvalue weighted by atomic mass is 35.5. The van der Waals surface area contributed by atoms with Crippen LogP contribution in [0.5, 0.6) is 0 Å². The summed E-state index contributed by atoms with van der Waals surface area (Å²) in [6.07, 6.45) is 6.74. The molecule has 0 saturated heterocycles. The molecular formula is C30H37Cl4N4O6S2+. The molecule has 3 aromatic rings. The lowest BCUT2D eigenvalue weighted by Gasteiger charge is -2.25. The van der Waals surface area contributed by atoms with E-state index in [0.717, 1.165) is 34.1 Å². The van der Waals surface area contributed by atoms with Gasteiger partial charge in [-0.3, -0.25) is 9.11 Å². The number of aryl methyl sites for hydroxylation is 2. The van der Waals surface area contributed by atoms with Gasteiger partial charge in [0, 0.05) is 37.7 Å². The topological polar surface area (TPSA) is 124 Å². The quantitative estimate of drug-likeness (QED) is 0.136. The summed E-state index contributed by atoms with van der Waals surface area (Å²) >= 11 is 25.5. The van der Waals surface area contributed by atoms with E-state index in [1.807, 2.05) is 41.5 Å². The molecule has 0 saturated carbocycles. The van der Waals surface area contributed by atoms with Gasteiger partial charge in [-0.1, -0.05) is 52.5 Å². The molecule has 2 N–H and O–H groups in total. The van der Waals surface area contributed by atoms with Crippen LogP contribution in [-0.2, 0) is 33.3 Å². The molecular weight excluding hydrogens is 718 g/mol. The minimum absolute atomic E-state index is 0.170. The second-order valence-corrected chi connectivity index (χ2v) is 16.4. The third-order valence-electron chi connectivity index (χ3n) is 8.18. The highest BCUT2D eigenvalue weighted by Gasteiger charge is 2.32. The van der Waals surface area contributed by atoms with E-state index in [1.54, 1.807) is 24.3 Å². The Hall–Kier alpha value is -2.03. The molecule has 1 aliphatic heterocycles. The lowest BCUT2D eigenvalue weighted by molar-refractivity contribution is -0.674. The molecule has 0 amide bonds. The second kappa shape index (κ2) is 14.6. The van der Waals surface area contributed by atoms with Crippen LogP contribution in [-0.4, -0.2) is 54.1 Å². The number of rotatable bonds is 13. The van der Waals surface area contributed by atoms with Crippen LogP contribution in [0.4, 0.5) is 11.4 Å². The number of halogens is 4. The molecule has 0 fully saturated rings. The van der Waals surface area contributed by atoms with Crippen molar-refractivity contribution >= 4 is 95.1 Å². The van der Waals surface area contributed by atoms with Gasteiger partial charge in [0.1, 0.15) is 5.82 Å². The predicted octanol–water partition coefficient (Wildman–Crippen LogP) is 7.49. The van der Waals surface area contributed by atoms with Crippen molar-refractivity contribution in [1.82, 2.24) is 4.57 Å². The number of fused-ring (bicyclic) bond motifs is 2. The highest BCUT2D eigenvalue weighted by molar-refractivity contribution is 7.86. The Morgan fingerprint density at radius 2 is 1.35 bits per heavy atom. The number of anilines is 2. The van der Waals surface area contributed by atoms with Crippen LogP contribution in [0.1, 0.15) is 52.8 Å². The molecule has 0 bridgehead atoms. The molecule has 1 aromatic heterocycles. The number of hydrogen-bond donors (Lipinski definition) is 2. The van der Waals surface area contributed by atoms with Crippen molar-refractivity contribution in [2.75, 3.05) is 22.9 Å². The van der Waals surface area contributed by atoms with Crippen LogP contribution >= 0.6 is 46.4 Å². The van der Waals surface area contributed by atoms with Crippen LogP contribution in [0, 0.1) is 0 Å². The third-order valence-corrected chi connectivity index (χ3v) is 12.1. The van der Waals surface area contributed by atoms with Gasteiger partial charge in [-0.15, -0.1) is 0 Å². The standard InChI is InChI=1S/C30H36Cl4N4O6S2/c1-5-35-25-15-21(31)23(33)17-27(25)37(13-11-19(3)45(39,40)41)29(35)9-7-8-10-30-36(6-2)26-16-22(32)24(34)18-28(26)38(30)14-12-20(4)46(42,43)44/h7,9-10,15-20H,5-6,8,11-14H2,1-4H3,(H-,39,40,41,42,43,44)/p+1/b9-7+,30-10+. The first kappa shape index (κ1) is 36.8. The predicted molar refractivity (Wildman–Crippen MR) is 188 cm³/mol. The van der Waals surface area contributed by atoms with Crippen molar-refractivity contribution in [3.8, 4) is 0 Å². The summed E-state index contributed by atoms with van der Waals surface area (Å²) in [5, 5.41) is -0.414. The average Bonchev–Trinajstić information content (AvgIpc) is 3.41. The zero-order valence-corrected chi connectivity index (χ0v) is 30.4. The van der Waals surface area contributed by atoms with Crippen molar-refractivity contribution in [2.45, 2.75) is 70.5 Å². The number of benzene rings is 2. The lowest BCUT2D eigenvalue weighted by Crippen LogP contribution is -2.38. The fourth-order valence-corrected chi connectivity index (χ4v) is 6.94. The molecule has 1 aliphatic rings. The minimum atomic E-state index is -4.21. The molecule has 4 rings (SSSR count). The fourth-order valence-electron chi connectivity index (χ4n) is 5.50. The number of aromatic nitrogens is 2. The van der Waals surface area contributed by atoms with Crippen LogP contribution in [0.15, 0.2) is 42.2 Å². The number of nitrogens with zero attached hydrogens (tertiary/aromatic N) is 4. The summed E-state index contributed by atoms with van der Waals surface area (Å²) in [7, 11) is -8.42. The monoisotopic (exact) mass is 753 g/mol. The Balaban J connectivity index is 1.73. The molecule has 2 aromatic carbocycles. The summed E-state index contributed by atoms with van der Waals surface area (Å²) < 4.78 is 70.1. The van der Waals surface area contributed by atoms with Gasteiger partial charge < -0.3 is 9.80 Å². The molecule has 2 unspecified atom stereocenters. The van der Waals surface area contributed by atoms with Crippen molar-refractivity contribution in [3.05, 3.63) is 68.2 Å². The van der Waals surface area contributed by atoms with Gasteiger partial charge in [-0.2, -0.15) is 16.8 Å². The summed E-state index contributed by atoms with van der Waals surface area (Å²) in [4.78, 5) is 4.04. The Kier molecular flexibility index (Phi) is 11.7. The number of hydrogen-bond acceptors (Lipinski definition) is 6. The summed E-state index contributed by atoms with van der Waals surface area (Å²) in [5.74, 6) is 1.60. The first-order chi connectivity index (χ1) is 21.5. The fraction of sp³-hybridized carbons (Fsp3) is 0.433. The maximum atomic E-state index is 11.7. The van der Waals surface area contributed by atoms with E-state index >= 15 is 0 Å². The number of imidazole rings is 1. The van der Waals surface area contributed by atoms with Gasteiger partial charge in [0.25, 0.3) is 26.1 Å². The SMILES string of the molecule is CCN1/C(=C\C/C=C/c2n(CC)c3cc(Cl)c(Cl)cc3[n+]2CCC(C)S(=O)(=O)O)N(CCC(C)S(=O)(=O)O)c2cc(Cl)c(Cl)cc21. The average molecular weight is 756 g/mol. The van der Waals surface area contributed by atoms with Gasteiger partial charge in [-0.05, 0) is 58.7 Å². The van der Waals surface area contributed by atoms with E-state index in [-0.39, 0.29) is 12.8 Å². The van der Waals surface area contributed by atoms with E-state index in [2.05, 4.69) is 9.47 Å². The second-order valence-electron chi connectivity index (χ2n) is 11.1. The third kappa shape index (κ3) is 7.81. The van der Waals surface area contributed by atoms with Gasteiger partial charge in [0.2, 0.25) is 0 Å². The van der Waals surface area contributed by atoms with Gasteiger partial charge in [0.05, 0.1) is 55.1 Å². The van der Waals surface area contributed by atoms with Crippen LogP contribution in [0.3, 0.4) is 0 Å². The Morgan fingerprint density at radius 3 is 1.91 bits per heavy atom. The molecule has 0 aliphatic carbocycles. The van der Waals surface area contributed by atoms with E-state index in [4.69, 9.17) is 46.4 Å². The Labute approximate surface area is 290 Å². The summed E-state index contributed by atoms with van der Waals surface area (Å²) in [5.41, 5.74) is 3.20. The smallest absolute Gasteiger partial charge is 0.282 e. The van der Waals surface area contributed by atoms with E-state index in [9.17, 15) is 25.9 Å². The normalized spacial score (nSPS) is 16.3. The van der Waals surface area contributed by atoms with Crippen molar-refractivity contribution in [2.24, 2.45) is 0 Å². The van der Waals surface area contributed by atoms with Crippen molar-refractivity contribution in [1.29, 1.82) is 0 Å². The van der Waals surface area contributed by atoms with Crippen molar-refractivity contribution < 1.29 is 30.5 Å². The van der Waals surface area contributed by atoms with Crippen LogP contribution in [0.25, 0.3) is 17.1 Å². The Bertz CT molecular complexity index is 1910. The molecule has 2 atom stereocenters. The maximum absolute atomic E-state index is 11.7. The largest absolute Gasteiger partial charge is 0.326 e. The molecule has 46 heavy (non-hydrogen) atoms. The highest BCUT2D eigenvalue weighted by Crippen LogP contribution is 2.45. The van der Waals surface area contributed by atoms with Crippen LogP contribution < -0.4 is 14.4 Å². The zero-order valence-electron chi connectivity index (χ0n) is 25.8. The van der Waals surface area contributed by atoms with Crippen molar-refractivity contribution in [3.63, 3.8) is 0 Å². The molecule has 252 valence electrons. The first-order valence-corrected chi connectivity index (χ1v) is 19.3. The molecule has 2 heterocycles. The van der Waals surface area contributed by atoms with Gasteiger partial charge >= 0.3 is 0 Å². The summed E-state index contributed by atoms with van der Waals surface area (Å²) in [6.45, 7) is 8.69. The van der Waals surface area contributed by atoms with Gasteiger partial charge in [0.15, 0.2) is 11.0 Å². The molecule has 0 radical (unpaired) electrons. The minimum Gasteiger partial charge on any atom is -0.326 e. The molecule has 16 heteroatoms. The molecule has 10 nitrogen and oxygen atoms in total. The first-order valence-electron chi connectivity index (χ1n) is 14.7. The van der Waals surface area contributed by atoms with Crippen LogP contribution in [0.2, 0.25) is 20.1 Å². The molecule has 0 spiro atoms. The lowest BCUT2D eigenvalue weighted by atomic mass is 10.2. The van der Waals surface area contributed by atoms with E-state index in [0.29, 0.717) is 52.7 Å². The van der Waals surface area contributed by atoms with E-state index in [1.165, 1.54) is 13.8 Å². The van der Waals surface area contributed by atoms with Gasteiger partial charge in [-0.25, -0.2) is 9.13 Å². The maximum Gasteiger partial charge on any atom is 0.282 e. The zero-order chi connectivity index (χ0) is 34.1. The number of allylic oxidation sites excluding steroid dienone is 2. The summed E-state index contributed by atoms with van der Waals surface area (Å²) in [6, 6.07) is 7.06.